The predicted molar refractivity (Wildman–Crippen MR) is 107 cm³/mol. The van der Waals surface area contributed by atoms with Gasteiger partial charge in [-0.15, -0.1) is 0 Å². The Morgan fingerprint density at radius 2 is 2.07 bits per heavy atom. The van der Waals surface area contributed by atoms with E-state index in [1.165, 1.54) is 6.07 Å². The van der Waals surface area contributed by atoms with E-state index >= 15 is 0 Å². The third-order valence-corrected chi connectivity index (χ3v) is 5.98. The van der Waals surface area contributed by atoms with Crippen LogP contribution in [0.5, 0.6) is 5.75 Å². The maximum Gasteiger partial charge on any atom is 0.254 e. The summed E-state index contributed by atoms with van der Waals surface area (Å²) in [6.45, 7) is 4.30. The highest BCUT2D eigenvalue weighted by Crippen LogP contribution is 2.39. The van der Waals surface area contributed by atoms with Crippen LogP contribution in [0.3, 0.4) is 0 Å². The molecular weight excluding hydrogens is 368 g/mol. The number of nitrogens with zero attached hydrogens (tertiary/aromatic N) is 4. The van der Waals surface area contributed by atoms with E-state index in [1.807, 2.05) is 16.7 Å². The van der Waals surface area contributed by atoms with Gasteiger partial charge in [-0.25, -0.2) is 0 Å². The molecule has 0 radical (unpaired) electrons. The number of carbonyl (C=O) groups excluding carboxylic acids is 2. The molecule has 2 saturated heterocycles. The number of hydrogen-bond acceptors (Lipinski definition) is 5. The van der Waals surface area contributed by atoms with E-state index in [4.69, 9.17) is 0 Å². The van der Waals surface area contributed by atoms with Crippen LogP contribution in [0.4, 0.5) is 0 Å². The molecule has 0 bridgehead atoms. The van der Waals surface area contributed by atoms with Gasteiger partial charge < -0.3 is 14.9 Å². The Hall–Kier alpha value is -2.96. The molecule has 2 fully saturated rings. The van der Waals surface area contributed by atoms with Crippen LogP contribution in [0.25, 0.3) is 0 Å². The summed E-state index contributed by atoms with van der Waals surface area (Å²) >= 11 is 0. The van der Waals surface area contributed by atoms with E-state index in [0.717, 1.165) is 30.7 Å². The van der Waals surface area contributed by atoms with E-state index in [2.05, 4.69) is 9.97 Å². The number of piperidine rings is 2. The Morgan fingerprint density at radius 1 is 1.21 bits per heavy atom. The molecular formula is C22H26N4O3. The Balaban J connectivity index is 1.48. The van der Waals surface area contributed by atoms with Crippen molar-refractivity contribution in [1.82, 2.24) is 19.8 Å². The zero-order chi connectivity index (χ0) is 20.4. The Kier molecular flexibility index (Phi) is 5.22. The van der Waals surface area contributed by atoms with Crippen LogP contribution in [0.15, 0.2) is 36.7 Å². The van der Waals surface area contributed by atoms with Crippen molar-refractivity contribution in [3.05, 3.63) is 53.6 Å². The summed E-state index contributed by atoms with van der Waals surface area (Å²) in [5.41, 5.74) is 2.05. The van der Waals surface area contributed by atoms with Crippen molar-refractivity contribution in [2.24, 2.45) is 5.41 Å². The van der Waals surface area contributed by atoms with Gasteiger partial charge in [0.15, 0.2) is 0 Å². The molecule has 2 amide bonds. The summed E-state index contributed by atoms with van der Waals surface area (Å²) in [4.78, 5) is 37.9. The van der Waals surface area contributed by atoms with Crippen LogP contribution in [-0.2, 0) is 11.3 Å². The minimum absolute atomic E-state index is 0.0622. The fourth-order valence-electron chi connectivity index (χ4n) is 4.48. The molecule has 1 spiro atoms. The van der Waals surface area contributed by atoms with Gasteiger partial charge in [0.25, 0.3) is 5.91 Å². The molecule has 1 N–H and O–H groups in total. The summed E-state index contributed by atoms with van der Waals surface area (Å²) in [5, 5.41) is 9.70. The monoisotopic (exact) mass is 394 g/mol. The van der Waals surface area contributed by atoms with Crippen molar-refractivity contribution in [2.75, 3.05) is 19.6 Å². The smallest absolute Gasteiger partial charge is 0.254 e. The number of phenols is 1. The SMILES string of the molecule is Cc1cnc(CN2C[C@]3(CCCN(C(=O)c4cccc(O)c4)C3)CCC2=O)cn1. The number of benzene rings is 1. The Bertz CT molecular complexity index is 915. The van der Waals surface area contributed by atoms with Gasteiger partial charge in [-0.3, -0.25) is 19.6 Å². The molecule has 1 aromatic heterocycles. The van der Waals surface area contributed by atoms with Gasteiger partial charge in [0.2, 0.25) is 5.91 Å². The number of amides is 2. The number of rotatable bonds is 3. The topological polar surface area (TPSA) is 86.6 Å². The lowest BCUT2D eigenvalue weighted by atomic mass is 9.73. The van der Waals surface area contributed by atoms with Crippen LogP contribution >= 0.6 is 0 Å². The zero-order valence-corrected chi connectivity index (χ0v) is 16.7. The first-order chi connectivity index (χ1) is 13.9. The quantitative estimate of drug-likeness (QED) is 0.865. The molecule has 0 aliphatic carbocycles. The molecule has 1 atom stereocenters. The molecule has 152 valence electrons. The Labute approximate surface area is 170 Å². The third kappa shape index (κ3) is 4.23. The first kappa shape index (κ1) is 19.4. The summed E-state index contributed by atoms with van der Waals surface area (Å²) in [5.74, 6) is 0.165. The summed E-state index contributed by atoms with van der Waals surface area (Å²) in [6.07, 6.45) is 6.65. The van der Waals surface area contributed by atoms with Gasteiger partial charge in [0, 0.05) is 43.2 Å². The van der Waals surface area contributed by atoms with E-state index in [-0.39, 0.29) is 23.0 Å². The van der Waals surface area contributed by atoms with E-state index in [9.17, 15) is 14.7 Å². The molecule has 4 rings (SSSR count). The first-order valence-electron chi connectivity index (χ1n) is 10.1. The average Bonchev–Trinajstić information content (AvgIpc) is 2.72. The largest absolute Gasteiger partial charge is 0.508 e. The number of aryl methyl sites for hydroxylation is 1. The molecule has 0 unspecified atom stereocenters. The minimum Gasteiger partial charge on any atom is -0.508 e. The predicted octanol–water partition coefficient (Wildman–Crippen LogP) is 2.54. The van der Waals surface area contributed by atoms with Crippen LogP contribution in [0.1, 0.15) is 47.4 Å². The van der Waals surface area contributed by atoms with E-state index in [1.54, 1.807) is 30.6 Å². The lowest BCUT2D eigenvalue weighted by molar-refractivity contribution is -0.139. The number of aromatic nitrogens is 2. The van der Waals surface area contributed by atoms with Gasteiger partial charge in [0.1, 0.15) is 5.75 Å². The zero-order valence-electron chi connectivity index (χ0n) is 16.7. The second-order valence-corrected chi connectivity index (χ2v) is 8.28. The average molecular weight is 394 g/mol. The van der Waals surface area contributed by atoms with Crippen LogP contribution in [-0.4, -0.2) is 56.3 Å². The number of likely N-dealkylation sites (tertiary alicyclic amines) is 2. The first-order valence-corrected chi connectivity index (χ1v) is 10.1. The van der Waals surface area contributed by atoms with Crippen LogP contribution in [0, 0.1) is 12.3 Å². The third-order valence-electron chi connectivity index (χ3n) is 5.98. The lowest BCUT2D eigenvalue weighted by Gasteiger charge is -2.48. The lowest BCUT2D eigenvalue weighted by Crippen LogP contribution is -2.54. The van der Waals surface area contributed by atoms with Crippen molar-refractivity contribution < 1.29 is 14.7 Å². The molecule has 2 aliphatic heterocycles. The molecule has 0 saturated carbocycles. The fraction of sp³-hybridized carbons (Fsp3) is 0.455. The summed E-state index contributed by atoms with van der Waals surface area (Å²) in [7, 11) is 0. The van der Waals surface area contributed by atoms with Crippen molar-refractivity contribution >= 4 is 11.8 Å². The maximum atomic E-state index is 13.0. The van der Waals surface area contributed by atoms with Crippen LogP contribution < -0.4 is 0 Å². The highest BCUT2D eigenvalue weighted by atomic mass is 16.3. The van der Waals surface area contributed by atoms with Crippen LogP contribution in [0.2, 0.25) is 0 Å². The molecule has 2 aliphatic rings. The van der Waals surface area contributed by atoms with E-state index < -0.39 is 0 Å². The molecule has 7 nitrogen and oxygen atoms in total. The van der Waals surface area contributed by atoms with Gasteiger partial charge in [-0.1, -0.05) is 6.07 Å². The summed E-state index contributed by atoms with van der Waals surface area (Å²) < 4.78 is 0. The second kappa shape index (κ2) is 7.81. The minimum atomic E-state index is -0.0865. The highest BCUT2D eigenvalue weighted by molar-refractivity contribution is 5.94. The van der Waals surface area contributed by atoms with Crippen molar-refractivity contribution in [2.45, 2.75) is 39.2 Å². The molecule has 1 aromatic carbocycles. The number of carbonyl (C=O) groups is 2. The number of phenolic OH excluding ortho intramolecular Hbond substituents is 1. The number of hydrogen-bond donors (Lipinski definition) is 1. The normalized spacial score (nSPS) is 22.2. The Morgan fingerprint density at radius 3 is 2.83 bits per heavy atom. The van der Waals surface area contributed by atoms with Gasteiger partial charge in [0.05, 0.1) is 24.1 Å². The fourth-order valence-corrected chi connectivity index (χ4v) is 4.48. The van der Waals surface area contributed by atoms with Gasteiger partial charge >= 0.3 is 0 Å². The summed E-state index contributed by atoms with van der Waals surface area (Å²) in [6, 6.07) is 6.49. The molecule has 2 aromatic rings. The molecule has 7 heteroatoms. The van der Waals surface area contributed by atoms with E-state index in [0.29, 0.717) is 38.2 Å². The second-order valence-electron chi connectivity index (χ2n) is 8.28. The van der Waals surface area contributed by atoms with Crippen molar-refractivity contribution in [3.63, 3.8) is 0 Å². The van der Waals surface area contributed by atoms with Crippen molar-refractivity contribution in [1.29, 1.82) is 0 Å². The van der Waals surface area contributed by atoms with Gasteiger partial charge in [-0.05, 0) is 44.4 Å². The highest BCUT2D eigenvalue weighted by Gasteiger charge is 2.42. The maximum absolute atomic E-state index is 13.0. The standard InChI is InChI=1S/C22H26N4O3/c1-16-11-24-18(12-23-16)13-26-15-22(8-6-20(26)28)7-3-9-25(14-22)21(29)17-4-2-5-19(27)10-17/h2,4-5,10-12,27H,3,6-9,13-15H2,1H3/t22-/m1/s1. The molecule has 3 heterocycles. The van der Waals surface area contributed by atoms with Gasteiger partial charge in [-0.2, -0.15) is 0 Å². The number of aromatic hydroxyl groups is 1. The molecule has 29 heavy (non-hydrogen) atoms. The van der Waals surface area contributed by atoms with Crippen molar-refractivity contribution in [3.8, 4) is 5.75 Å².